The third-order valence-electron chi connectivity index (χ3n) is 8.15. The van der Waals surface area contributed by atoms with Crippen molar-refractivity contribution in [3.05, 3.63) is 47.1 Å². The van der Waals surface area contributed by atoms with E-state index in [1.54, 1.807) is 13.0 Å². The Hall–Kier alpha value is -3.95. The van der Waals surface area contributed by atoms with E-state index in [1.165, 1.54) is 23.2 Å². The maximum Gasteiger partial charge on any atom is 0.326 e. The van der Waals surface area contributed by atoms with E-state index < -0.39 is 41.8 Å². The molecular weight excluding hydrogens is 621 g/mol. The molecule has 0 aliphatic carbocycles. The van der Waals surface area contributed by atoms with E-state index in [0.29, 0.717) is 37.1 Å². The summed E-state index contributed by atoms with van der Waals surface area (Å²) in [7, 11) is 0. The molecule has 45 heavy (non-hydrogen) atoms. The molecule has 0 bridgehead atoms. The summed E-state index contributed by atoms with van der Waals surface area (Å²) in [4.78, 5) is 32.2. The highest BCUT2D eigenvalue weighted by atomic mass is 35.5. The molecule has 1 N–H and O–H groups in total. The van der Waals surface area contributed by atoms with E-state index in [0.717, 1.165) is 6.07 Å². The number of anilines is 2. The zero-order valence-corrected chi connectivity index (χ0v) is 25.1. The fourth-order valence-corrected chi connectivity index (χ4v) is 5.93. The average Bonchev–Trinajstić information content (AvgIpc) is 3.43. The lowest BCUT2D eigenvalue weighted by Crippen LogP contribution is -2.68. The molecule has 6 heterocycles. The van der Waals surface area contributed by atoms with Gasteiger partial charge in [0.15, 0.2) is 11.6 Å². The Morgan fingerprint density at radius 1 is 1.18 bits per heavy atom. The molecule has 3 aliphatic heterocycles. The van der Waals surface area contributed by atoms with Crippen LogP contribution in [0.5, 0.6) is 11.8 Å². The molecule has 3 aromatic heterocycles. The quantitative estimate of drug-likeness (QED) is 0.357. The predicted octanol–water partition coefficient (Wildman–Crippen LogP) is 4.17. The molecule has 3 aromatic rings. The lowest BCUT2D eigenvalue weighted by Gasteiger charge is -2.53. The van der Waals surface area contributed by atoms with Gasteiger partial charge >= 0.3 is 5.97 Å². The number of ether oxygens (including phenoxy) is 4. The summed E-state index contributed by atoms with van der Waals surface area (Å²) < 4.78 is 65.1. The Morgan fingerprint density at radius 2 is 1.98 bits per heavy atom. The molecule has 3 fully saturated rings. The highest BCUT2D eigenvalue weighted by molar-refractivity contribution is 6.30. The van der Waals surface area contributed by atoms with Gasteiger partial charge in [0.25, 0.3) is 12.3 Å². The summed E-state index contributed by atoms with van der Waals surface area (Å²) in [5, 5.41) is 10.5. The van der Waals surface area contributed by atoms with Crippen LogP contribution in [0.15, 0.2) is 30.5 Å². The van der Waals surface area contributed by atoms with Crippen molar-refractivity contribution in [3.8, 4) is 23.1 Å². The minimum absolute atomic E-state index is 0.00214. The lowest BCUT2D eigenvalue weighted by molar-refractivity contribution is -0.228. The van der Waals surface area contributed by atoms with Crippen LogP contribution in [0.1, 0.15) is 32.5 Å². The SMILES string of the molecule is CCOc1nc(-c2cc(N3C[C@@H](Oc4ncc(Cl)cc4N4CCOC5(COC5)[C@@H]4C)C[C@H]3C(=O)O)nc(C(F)F)n2)ccc1F. The Bertz CT molecular complexity index is 1580. The minimum atomic E-state index is -3.07. The van der Waals surface area contributed by atoms with Crippen molar-refractivity contribution in [1.29, 1.82) is 0 Å². The molecule has 0 aromatic carbocycles. The second kappa shape index (κ2) is 12.4. The molecule has 16 heteroatoms. The highest BCUT2D eigenvalue weighted by Crippen LogP contribution is 2.40. The number of carbonyl (C=O) groups is 1. The molecule has 0 radical (unpaired) electrons. The van der Waals surface area contributed by atoms with Gasteiger partial charge in [-0.1, -0.05) is 11.6 Å². The number of halogens is 4. The van der Waals surface area contributed by atoms with Crippen LogP contribution in [0.2, 0.25) is 5.02 Å². The van der Waals surface area contributed by atoms with Gasteiger partial charge in [-0.15, -0.1) is 0 Å². The fourth-order valence-electron chi connectivity index (χ4n) is 5.78. The summed E-state index contributed by atoms with van der Waals surface area (Å²) in [6.07, 6.45) is -2.35. The summed E-state index contributed by atoms with van der Waals surface area (Å²) in [6, 6.07) is 4.16. The molecule has 0 unspecified atom stereocenters. The number of carboxylic acids is 1. The summed E-state index contributed by atoms with van der Waals surface area (Å²) in [6.45, 7) is 5.68. The van der Waals surface area contributed by atoms with Crippen molar-refractivity contribution in [1.82, 2.24) is 19.9 Å². The number of alkyl halides is 2. The third kappa shape index (κ3) is 6.03. The Morgan fingerprint density at radius 3 is 2.67 bits per heavy atom. The number of hydrogen-bond donors (Lipinski definition) is 1. The van der Waals surface area contributed by atoms with Gasteiger partial charge in [0.1, 0.15) is 29.3 Å². The molecule has 6 rings (SSSR count). The van der Waals surface area contributed by atoms with Crippen LogP contribution < -0.4 is 19.3 Å². The normalized spacial score (nSPS) is 22.5. The molecule has 3 saturated heterocycles. The number of pyridine rings is 2. The Balaban J connectivity index is 1.30. The number of morpholine rings is 1. The first-order valence-electron chi connectivity index (χ1n) is 14.4. The van der Waals surface area contributed by atoms with E-state index >= 15 is 0 Å². The molecule has 3 aliphatic rings. The fraction of sp³-hybridized carbons (Fsp3) is 0.483. The van der Waals surface area contributed by atoms with Crippen molar-refractivity contribution in [2.75, 3.05) is 49.3 Å². The van der Waals surface area contributed by atoms with Crippen LogP contribution in [0.3, 0.4) is 0 Å². The molecule has 1 spiro atoms. The molecule has 0 amide bonds. The van der Waals surface area contributed by atoms with Crippen LogP contribution in [0, 0.1) is 5.82 Å². The molecule has 240 valence electrons. The number of rotatable bonds is 9. The molecule has 3 atom stereocenters. The van der Waals surface area contributed by atoms with E-state index in [9.17, 15) is 23.1 Å². The predicted molar refractivity (Wildman–Crippen MR) is 155 cm³/mol. The van der Waals surface area contributed by atoms with Crippen LogP contribution in [0.4, 0.5) is 24.7 Å². The average molecular weight is 651 g/mol. The highest BCUT2D eigenvalue weighted by Gasteiger charge is 2.50. The lowest BCUT2D eigenvalue weighted by atomic mass is 9.90. The number of aliphatic carboxylic acids is 1. The van der Waals surface area contributed by atoms with E-state index in [-0.39, 0.29) is 54.6 Å². The summed E-state index contributed by atoms with van der Waals surface area (Å²) in [5.74, 6) is -2.91. The number of nitrogens with zero attached hydrogens (tertiary/aromatic N) is 6. The maximum atomic E-state index is 14.2. The standard InChI is InChI=1S/C29H30ClF3N6O6/c1-3-43-26-18(31)4-5-19(36-26)20-10-23(37-25(35-20)24(32)33)39-12-17(9-22(39)28(40)41)45-27-21(8-16(30)11-34-27)38-6-7-44-29(15(38)2)13-42-14-29/h4-5,8,10-11,15,17,22,24H,3,6-7,9,12-14H2,1-2H3,(H,40,41)/t15-,17-,22-/m0/s1. The summed E-state index contributed by atoms with van der Waals surface area (Å²) in [5.41, 5.74) is 0.147. The van der Waals surface area contributed by atoms with Crippen molar-refractivity contribution >= 4 is 29.1 Å². The first kappa shape index (κ1) is 31.0. The van der Waals surface area contributed by atoms with Crippen molar-refractivity contribution < 1.29 is 42.0 Å². The van der Waals surface area contributed by atoms with Crippen LogP contribution in [0.25, 0.3) is 11.4 Å². The zero-order valence-electron chi connectivity index (χ0n) is 24.3. The number of aromatic nitrogens is 4. The van der Waals surface area contributed by atoms with Crippen molar-refractivity contribution in [2.45, 2.75) is 50.5 Å². The van der Waals surface area contributed by atoms with E-state index in [2.05, 4.69) is 24.8 Å². The van der Waals surface area contributed by atoms with E-state index in [4.69, 9.17) is 30.5 Å². The summed E-state index contributed by atoms with van der Waals surface area (Å²) >= 11 is 6.33. The van der Waals surface area contributed by atoms with Gasteiger partial charge in [0.05, 0.1) is 55.4 Å². The van der Waals surface area contributed by atoms with Crippen molar-refractivity contribution in [3.63, 3.8) is 0 Å². The molecule has 0 saturated carbocycles. The first-order valence-corrected chi connectivity index (χ1v) is 14.7. The monoisotopic (exact) mass is 650 g/mol. The second-order valence-electron chi connectivity index (χ2n) is 10.9. The maximum absolute atomic E-state index is 14.2. The largest absolute Gasteiger partial charge is 0.480 e. The first-order chi connectivity index (χ1) is 21.6. The number of hydrogen-bond acceptors (Lipinski definition) is 11. The van der Waals surface area contributed by atoms with Crippen LogP contribution >= 0.6 is 11.6 Å². The van der Waals surface area contributed by atoms with Gasteiger partial charge in [-0.05, 0) is 32.0 Å². The Labute approximate surface area is 261 Å². The molecule has 12 nitrogen and oxygen atoms in total. The Kier molecular flexibility index (Phi) is 8.59. The number of carboxylic acid groups (broad SMARTS) is 1. The molecular formula is C29H30ClF3N6O6. The van der Waals surface area contributed by atoms with Gasteiger partial charge < -0.3 is 33.9 Å². The van der Waals surface area contributed by atoms with Gasteiger partial charge in [-0.3, -0.25) is 0 Å². The second-order valence-corrected chi connectivity index (χ2v) is 11.4. The topological polar surface area (TPSA) is 132 Å². The van der Waals surface area contributed by atoms with Gasteiger partial charge in [0, 0.05) is 25.2 Å². The van der Waals surface area contributed by atoms with Crippen LogP contribution in [-0.2, 0) is 14.3 Å². The van der Waals surface area contributed by atoms with Gasteiger partial charge in [-0.25, -0.2) is 37.9 Å². The third-order valence-corrected chi connectivity index (χ3v) is 8.36. The van der Waals surface area contributed by atoms with Crippen LogP contribution in [-0.4, -0.2) is 94.3 Å². The van der Waals surface area contributed by atoms with Gasteiger partial charge in [0.2, 0.25) is 5.88 Å². The van der Waals surface area contributed by atoms with Crippen molar-refractivity contribution in [2.24, 2.45) is 0 Å². The minimum Gasteiger partial charge on any atom is -0.480 e. The van der Waals surface area contributed by atoms with Gasteiger partial charge in [-0.2, -0.15) is 0 Å². The van der Waals surface area contributed by atoms with E-state index in [1.807, 2.05) is 6.92 Å². The zero-order chi connectivity index (χ0) is 31.9. The smallest absolute Gasteiger partial charge is 0.326 e.